The molecule has 0 atom stereocenters. The third kappa shape index (κ3) is 8.22. The summed E-state index contributed by atoms with van der Waals surface area (Å²) in [6, 6.07) is 7.61. The van der Waals surface area contributed by atoms with Crippen LogP contribution in [-0.2, 0) is 0 Å². The lowest BCUT2D eigenvalue weighted by Crippen LogP contribution is -2.27. The summed E-state index contributed by atoms with van der Waals surface area (Å²) in [4.78, 5) is 18.3. The van der Waals surface area contributed by atoms with Crippen molar-refractivity contribution in [3.05, 3.63) is 36.2 Å². The molecule has 3 aromatic rings. The van der Waals surface area contributed by atoms with E-state index in [1.165, 1.54) is 25.2 Å². The van der Waals surface area contributed by atoms with E-state index in [1.54, 1.807) is 0 Å². The van der Waals surface area contributed by atoms with Gasteiger partial charge in [0.05, 0.1) is 23.5 Å². The van der Waals surface area contributed by atoms with Gasteiger partial charge in [-0.15, -0.1) is 0 Å². The fraction of sp³-hybridized carbons (Fsp3) is 0.435. The number of anilines is 4. The molecule has 0 aliphatic rings. The predicted octanol–water partition coefficient (Wildman–Crippen LogP) is 4.16. The maximum absolute atomic E-state index is 8.26. The normalized spacial score (nSPS) is 9.72. The molecule has 0 amide bonds. The van der Waals surface area contributed by atoms with Crippen LogP contribution in [0.25, 0.3) is 10.9 Å². The van der Waals surface area contributed by atoms with Crippen LogP contribution in [-0.4, -0.2) is 33.0 Å². The van der Waals surface area contributed by atoms with Gasteiger partial charge in [0.25, 0.3) is 0 Å². The van der Waals surface area contributed by atoms with E-state index in [9.17, 15) is 0 Å². The van der Waals surface area contributed by atoms with Gasteiger partial charge in [0.1, 0.15) is 11.9 Å². The molecule has 0 aliphatic carbocycles. The van der Waals surface area contributed by atoms with Crippen LogP contribution in [0.1, 0.15) is 58.9 Å². The first-order chi connectivity index (χ1) is 15.5. The van der Waals surface area contributed by atoms with Gasteiger partial charge in [0.2, 0.25) is 11.9 Å². The van der Waals surface area contributed by atoms with E-state index in [0.717, 1.165) is 42.7 Å². The Morgan fingerprint density at radius 2 is 1.59 bits per heavy atom. The standard InChI is InChI=1S/C16H25N5.C5H4N4.C2H6/c1-3-5-6-10-21(9-4-2)15-13-8-7-12(17)11-14(13)19-16(18)20-15;6-1-4-2-8-5(7)9-3-4;1-2/h7-8,11H,3-6,9-10,17H2,1-2H3,(H2,18,19,20);2-3H,(H2,7,8,9);1-2H3. The number of nitrogen functional groups attached to an aromatic ring is 3. The molecule has 3 rings (SSSR count). The smallest absolute Gasteiger partial charge is 0.222 e. The van der Waals surface area contributed by atoms with Gasteiger partial charge < -0.3 is 22.1 Å². The highest BCUT2D eigenvalue weighted by Crippen LogP contribution is 2.26. The Bertz CT molecular complexity index is 976. The number of rotatable bonds is 7. The molecule has 32 heavy (non-hydrogen) atoms. The van der Waals surface area contributed by atoms with Crippen molar-refractivity contribution in [1.82, 2.24) is 19.9 Å². The molecule has 6 N–H and O–H groups in total. The van der Waals surface area contributed by atoms with Crippen LogP contribution in [0, 0.1) is 11.3 Å². The molecule has 0 radical (unpaired) electrons. The lowest BCUT2D eigenvalue weighted by molar-refractivity contribution is 0.665. The van der Waals surface area contributed by atoms with Gasteiger partial charge in [-0.3, -0.25) is 0 Å². The summed E-state index contributed by atoms with van der Waals surface area (Å²) >= 11 is 0. The summed E-state index contributed by atoms with van der Waals surface area (Å²) in [5, 5.41) is 9.27. The van der Waals surface area contributed by atoms with Crippen LogP contribution in [0.3, 0.4) is 0 Å². The maximum Gasteiger partial charge on any atom is 0.222 e. The molecule has 0 fully saturated rings. The Hall–Kier alpha value is -3.67. The van der Waals surface area contributed by atoms with Gasteiger partial charge in [0.15, 0.2) is 0 Å². The number of hydrogen-bond acceptors (Lipinski definition) is 9. The lowest BCUT2D eigenvalue weighted by atomic mass is 10.2. The molecule has 0 aliphatic heterocycles. The zero-order valence-corrected chi connectivity index (χ0v) is 19.5. The Morgan fingerprint density at radius 3 is 2.19 bits per heavy atom. The Kier molecular flexibility index (Phi) is 11.8. The van der Waals surface area contributed by atoms with Crippen LogP contribution in [0.5, 0.6) is 0 Å². The molecule has 2 heterocycles. The average molecular weight is 438 g/mol. The number of hydrogen-bond donors (Lipinski definition) is 3. The summed E-state index contributed by atoms with van der Waals surface area (Å²) in [7, 11) is 0. The van der Waals surface area contributed by atoms with Crippen molar-refractivity contribution in [2.45, 2.75) is 53.4 Å². The van der Waals surface area contributed by atoms with E-state index in [4.69, 9.17) is 22.5 Å². The zero-order chi connectivity index (χ0) is 23.9. The first-order valence-corrected chi connectivity index (χ1v) is 11.0. The van der Waals surface area contributed by atoms with Crippen LogP contribution in [0.2, 0.25) is 0 Å². The second-order valence-electron chi connectivity index (χ2n) is 6.82. The van der Waals surface area contributed by atoms with Gasteiger partial charge >= 0.3 is 0 Å². The summed E-state index contributed by atoms with van der Waals surface area (Å²) in [6.45, 7) is 10.4. The molecule has 0 saturated heterocycles. The molecule has 2 aromatic heterocycles. The van der Waals surface area contributed by atoms with Gasteiger partial charge in [-0.05, 0) is 31.0 Å². The predicted molar refractivity (Wildman–Crippen MR) is 133 cm³/mol. The molecule has 9 heteroatoms. The van der Waals surface area contributed by atoms with Crippen LogP contribution >= 0.6 is 0 Å². The first kappa shape index (κ1) is 26.4. The number of aromatic nitrogens is 4. The topological polar surface area (TPSA) is 157 Å². The number of unbranched alkanes of at least 4 members (excludes halogenated alkanes) is 2. The van der Waals surface area contributed by atoms with Crippen molar-refractivity contribution in [3.63, 3.8) is 0 Å². The van der Waals surface area contributed by atoms with Crippen molar-refractivity contribution in [3.8, 4) is 6.07 Å². The van der Waals surface area contributed by atoms with Gasteiger partial charge in [0, 0.05) is 24.2 Å². The average Bonchev–Trinajstić information content (AvgIpc) is 2.80. The van der Waals surface area contributed by atoms with Crippen molar-refractivity contribution in [2.24, 2.45) is 0 Å². The number of nitrogens with two attached hydrogens (primary N) is 3. The quantitative estimate of drug-likeness (QED) is 0.364. The Balaban J connectivity index is 0.000000388. The van der Waals surface area contributed by atoms with Crippen molar-refractivity contribution in [2.75, 3.05) is 35.2 Å². The monoisotopic (exact) mass is 437 g/mol. The highest BCUT2D eigenvalue weighted by molar-refractivity contribution is 5.92. The molecule has 0 saturated carbocycles. The van der Waals surface area contributed by atoms with E-state index in [1.807, 2.05) is 38.1 Å². The summed E-state index contributed by atoms with van der Waals surface area (Å²) < 4.78 is 0. The zero-order valence-electron chi connectivity index (χ0n) is 19.5. The summed E-state index contributed by atoms with van der Waals surface area (Å²) in [6.07, 6.45) is 7.43. The number of benzene rings is 1. The van der Waals surface area contributed by atoms with Crippen LogP contribution < -0.4 is 22.1 Å². The molecule has 0 bridgehead atoms. The molecule has 9 nitrogen and oxygen atoms in total. The molecule has 0 unspecified atom stereocenters. The van der Waals surface area contributed by atoms with Gasteiger partial charge in [-0.2, -0.15) is 10.2 Å². The number of nitriles is 1. The van der Waals surface area contributed by atoms with Crippen molar-refractivity contribution >= 4 is 34.3 Å². The van der Waals surface area contributed by atoms with E-state index < -0.39 is 0 Å². The van der Waals surface area contributed by atoms with Crippen molar-refractivity contribution < 1.29 is 0 Å². The van der Waals surface area contributed by atoms with Crippen molar-refractivity contribution in [1.29, 1.82) is 5.26 Å². The number of nitrogens with zero attached hydrogens (tertiary/aromatic N) is 6. The molecule has 1 aromatic carbocycles. The minimum atomic E-state index is 0.189. The summed E-state index contributed by atoms with van der Waals surface area (Å²) in [5.74, 6) is 1.42. The largest absolute Gasteiger partial charge is 0.399 e. The minimum absolute atomic E-state index is 0.189. The fourth-order valence-corrected chi connectivity index (χ4v) is 2.93. The van der Waals surface area contributed by atoms with Crippen LogP contribution in [0.4, 0.5) is 23.4 Å². The molecule has 0 spiro atoms. The first-order valence-electron chi connectivity index (χ1n) is 11.0. The highest BCUT2D eigenvalue weighted by Gasteiger charge is 2.13. The van der Waals surface area contributed by atoms with E-state index in [2.05, 4.69) is 38.7 Å². The van der Waals surface area contributed by atoms with E-state index in [0.29, 0.717) is 17.2 Å². The Labute approximate surface area is 190 Å². The third-order valence-electron chi connectivity index (χ3n) is 4.34. The van der Waals surface area contributed by atoms with E-state index >= 15 is 0 Å². The summed E-state index contributed by atoms with van der Waals surface area (Å²) in [5.41, 5.74) is 18.8. The fourth-order valence-electron chi connectivity index (χ4n) is 2.93. The SMILES string of the molecule is CC.CCCCCN(CCC)c1nc(N)nc2cc(N)ccc12.N#Cc1cnc(N)nc1. The number of fused-ring (bicyclic) bond motifs is 1. The second kappa shape index (κ2) is 14.4. The van der Waals surface area contributed by atoms with Crippen LogP contribution in [0.15, 0.2) is 30.6 Å². The minimum Gasteiger partial charge on any atom is -0.399 e. The molecular weight excluding hydrogens is 402 g/mol. The second-order valence-corrected chi connectivity index (χ2v) is 6.82. The molecular formula is C23H35N9. The maximum atomic E-state index is 8.26. The molecule has 172 valence electrons. The lowest BCUT2D eigenvalue weighted by Gasteiger charge is -2.24. The third-order valence-corrected chi connectivity index (χ3v) is 4.34. The Morgan fingerprint density at radius 1 is 0.906 bits per heavy atom. The van der Waals surface area contributed by atoms with Gasteiger partial charge in [-0.25, -0.2) is 15.0 Å². The van der Waals surface area contributed by atoms with E-state index in [-0.39, 0.29) is 5.95 Å². The van der Waals surface area contributed by atoms with Gasteiger partial charge in [-0.1, -0.05) is 40.5 Å². The highest BCUT2D eigenvalue weighted by atomic mass is 15.2.